The number of ether oxygens (including phenoxy) is 2. The van der Waals surface area contributed by atoms with Crippen LogP contribution in [0.1, 0.15) is 5.76 Å². The summed E-state index contributed by atoms with van der Waals surface area (Å²) in [4.78, 5) is 16.8. The van der Waals surface area contributed by atoms with Crippen molar-refractivity contribution in [2.24, 2.45) is 0 Å². The molecule has 10 heteroatoms. The maximum Gasteiger partial charge on any atom is 0.274 e. The Kier molecular flexibility index (Phi) is 4.01. The monoisotopic (exact) mass is 393 g/mol. The predicted molar refractivity (Wildman–Crippen MR) is 99.2 cm³/mol. The van der Waals surface area contributed by atoms with E-state index in [4.69, 9.17) is 18.5 Å². The van der Waals surface area contributed by atoms with Crippen LogP contribution in [0.5, 0.6) is 11.5 Å². The third-order valence-electron chi connectivity index (χ3n) is 4.31. The summed E-state index contributed by atoms with van der Waals surface area (Å²) < 4.78 is 22.8. The van der Waals surface area contributed by atoms with Crippen molar-refractivity contribution in [2.75, 3.05) is 12.1 Å². The summed E-state index contributed by atoms with van der Waals surface area (Å²) in [6.07, 6.45) is 1.76. The zero-order valence-electron chi connectivity index (χ0n) is 15.3. The van der Waals surface area contributed by atoms with Crippen LogP contribution in [0, 0.1) is 6.92 Å². The maximum atomic E-state index is 12.3. The van der Waals surface area contributed by atoms with Crippen LogP contribution in [-0.2, 0) is 11.3 Å². The highest BCUT2D eigenvalue weighted by Gasteiger charge is 2.19. The number of fused-ring (bicyclic) bond motifs is 1. The van der Waals surface area contributed by atoms with Gasteiger partial charge in [0.2, 0.25) is 18.5 Å². The lowest BCUT2D eigenvalue weighted by Gasteiger charge is -2.05. The first-order valence-electron chi connectivity index (χ1n) is 8.78. The van der Waals surface area contributed by atoms with Gasteiger partial charge in [-0.15, -0.1) is 0 Å². The van der Waals surface area contributed by atoms with Crippen molar-refractivity contribution in [1.29, 1.82) is 0 Å². The van der Waals surface area contributed by atoms with Crippen molar-refractivity contribution in [3.05, 3.63) is 48.4 Å². The fourth-order valence-corrected chi connectivity index (χ4v) is 2.99. The largest absolute Gasteiger partial charge is 0.454 e. The minimum absolute atomic E-state index is 0.0516. The van der Waals surface area contributed by atoms with Crippen LogP contribution in [0.4, 0.5) is 5.82 Å². The number of anilines is 1. The zero-order chi connectivity index (χ0) is 19.8. The van der Waals surface area contributed by atoms with Gasteiger partial charge in [0.15, 0.2) is 17.3 Å². The first-order valence-corrected chi connectivity index (χ1v) is 8.78. The van der Waals surface area contributed by atoms with Gasteiger partial charge in [0.1, 0.15) is 18.0 Å². The van der Waals surface area contributed by atoms with Crippen LogP contribution in [-0.4, -0.2) is 32.6 Å². The molecule has 5 rings (SSSR count). The number of carbonyl (C=O) groups excluding carboxylic acids is 1. The molecule has 1 aromatic carbocycles. The van der Waals surface area contributed by atoms with E-state index in [9.17, 15) is 4.79 Å². The zero-order valence-corrected chi connectivity index (χ0v) is 15.3. The number of nitrogens with zero attached hydrogens (tertiary/aromatic N) is 4. The molecular weight excluding hydrogens is 378 g/mol. The number of carbonyl (C=O) groups is 1. The molecule has 10 nitrogen and oxygen atoms in total. The van der Waals surface area contributed by atoms with Gasteiger partial charge in [0.05, 0.1) is 0 Å². The molecule has 0 bridgehead atoms. The standard InChI is InChI=1S/C19H15N5O5/c1-11-7-16(22-28-11)20-17(25)9-24-6-2-3-13(24)19-21-18(23-29-19)12-4-5-14-15(8-12)27-10-26-14/h2-8H,9-10H2,1H3,(H,20,22,25). The Bertz CT molecular complexity index is 1190. The Morgan fingerprint density at radius 1 is 1.14 bits per heavy atom. The Balaban J connectivity index is 1.35. The molecule has 1 aliphatic heterocycles. The van der Waals surface area contributed by atoms with E-state index >= 15 is 0 Å². The highest BCUT2D eigenvalue weighted by molar-refractivity contribution is 5.89. The smallest absolute Gasteiger partial charge is 0.274 e. The van der Waals surface area contributed by atoms with E-state index < -0.39 is 0 Å². The molecular formula is C19H15N5O5. The molecule has 1 aliphatic rings. The molecule has 0 saturated carbocycles. The topological polar surface area (TPSA) is 117 Å². The second-order valence-electron chi connectivity index (χ2n) is 6.38. The highest BCUT2D eigenvalue weighted by Crippen LogP contribution is 2.35. The van der Waals surface area contributed by atoms with Crippen molar-refractivity contribution < 1.29 is 23.3 Å². The number of aryl methyl sites for hydroxylation is 1. The van der Waals surface area contributed by atoms with Crippen molar-refractivity contribution >= 4 is 11.7 Å². The average Bonchev–Trinajstić information content (AvgIpc) is 3.48. The Morgan fingerprint density at radius 3 is 2.90 bits per heavy atom. The van der Waals surface area contributed by atoms with E-state index in [1.807, 2.05) is 6.07 Å². The third kappa shape index (κ3) is 3.31. The minimum atomic E-state index is -0.258. The van der Waals surface area contributed by atoms with Gasteiger partial charge in [-0.3, -0.25) is 4.79 Å². The molecule has 3 aromatic heterocycles. The van der Waals surface area contributed by atoms with E-state index in [1.54, 1.807) is 48.0 Å². The molecule has 4 heterocycles. The summed E-state index contributed by atoms with van der Waals surface area (Å²) in [6, 6.07) is 10.7. The number of nitrogens with one attached hydrogen (secondary N) is 1. The van der Waals surface area contributed by atoms with Crippen molar-refractivity contribution in [3.8, 4) is 34.5 Å². The summed E-state index contributed by atoms with van der Waals surface area (Å²) in [5, 5.41) is 10.5. The summed E-state index contributed by atoms with van der Waals surface area (Å²) in [5.41, 5.74) is 1.36. The second kappa shape index (κ2) is 6.82. The lowest BCUT2D eigenvalue weighted by Crippen LogP contribution is -2.19. The molecule has 0 unspecified atom stereocenters. The molecule has 0 radical (unpaired) electrons. The maximum absolute atomic E-state index is 12.3. The summed E-state index contributed by atoms with van der Waals surface area (Å²) in [7, 11) is 0. The van der Waals surface area contributed by atoms with Gasteiger partial charge in [0.25, 0.3) is 5.89 Å². The molecule has 146 valence electrons. The molecule has 29 heavy (non-hydrogen) atoms. The predicted octanol–water partition coefficient (Wildman–Crippen LogP) is 2.87. The summed E-state index contributed by atoms with van der Waals surface area (Å²) >= 11 is 0. The second-order valence-corrected chi connectivity index (χ2v) is 6.38. The van der Waals surface area contributed by atoms with E-state index in [1.165, 1.54) is 0 Å². The van der Waals surface area contributed by atoms with Gasteiger partial charge < -0.3 is 28.4 Å². The molecule has 0 aliphatic carbocycles. The summed E-state index contributed by atoms with van der Waals surface area (Å²) in [6.45, 7) is 2.00. The van der Waals surface area contributed by atoms with Crippen LogP contribution >= 0.6 is 0 Å². The van der Waals surface area contributed by atoms with E-state index in [-0.39, 0.29) is 19.2 Å². The lowest BCUT2D eigenvalue weighted by molar-refractivity contribution is -0.116. The van der Waals surface area contributed by atoms with Crippen LogP contribution in [0.25, 0.3) is 23.0 Å². The molecule has 0 fully saturated rings. The molecule has 1 N–H and O–H groups in total. The Hall–Kier alpha value is -4.08. The normalized spacial score (nSPS) is 12.3. The van der Waals surface area contributed by atoms with Crippen LogP contribution in [0.3, 0.4) is 0 Å². The Labute approximate surface area is 164 Å². The number of amides is 1. The van der Waals surface area contributed by atoms with Crippen LogP contribution in [0.2, 0.25) is 0 Å². The van der Waals surface area contributed by atoms with Crippen molar-refractivity contribution in [3.63, 3.8) is 0 Å². The average molecular weight is 393 g/mol. The first kappa shape index (κ1) is 17.0. The van der Waals surface area contributed by atoms with Gasteiger partial charge in [-0.05, 0) is 37.3 Å². The van der Waals surface area contributed by atoms with E-state index in [0.717, 1.165) is 5.56 Å². The first-order chi connectivity index (χ1) is 14.2. The van der Waals surface area contributed by atoms with Crippen molar-refractivity contribution in [2.45, 2.75) is 13.5 Å². The quantitative estimate of drug-likeness (QED) is 0.550. The van der Waals surface area contributed by atoms with Gasteiger partial charge in [-0.2, -0.15) is 4.98 Å². The summed E-state index contributed by atoms with van der Waals surface area (Å²) in [5.74, 6) is 2.75. The minimum Gasteiger partial charge on any atom is -0.454 e. The number of aromatic nitrogens is 4. The van der Waals surface area contributed by atoms with Gasteiger partial charge in [-0.1, -0.05) is 10.3 Å². The highest BCUT2D eigenvalue weighted by atomic mass is 16.7. The SMILES string of the molecule is Cc1cc(NC(=O)Cn2cccc2-c2nc(-c3ccc4c(c3)OCO4)no2)no1. The lowest BCUT2D eigenvalue weighted by atomic mass is 10.2. The number of hydrogen-bond donors (Lipinski definition) is 1. The molecule has 4 aromatic rings. The molecule has 0 spiro atoms. The molecule has 0 atom stereocenters. The number of benzene rings is 1. The number of hydrogen-bond acceptors (Lipinski definition) is 8. The van der Waals surface area contributed by atoms with Gasteiger partial charge in [-0.25, -0.2) is 0 Å². The van der Waals surface area contributed by atoms with E-state index in [0.29, 0.717) is 40.5 Å². The van der Waals surface area contributed by atoms with Gasteiger partial charge >= 0.3 is 0 Å². The van der Waals surface area contributed by atoms with Crippen LogP contribution in [0.15, 0.2) is 51.6 Å². The van der Waals surface area contributed by atoms with Crippen molar-refractivity contribution in [1.82, 2.24) is 19.9 Å². The fraction of sp³-hybridized carbons (Fsp3) is 0.158. The Morgan fingerprint density at radius 2 is 2.03 bits per heavy atom. The molecule has 1 amide bonds. The third-order valence-corrected chi connectivity index (χ3v) is 4.31. The number of rotatable bonds is 5. The van der Waals surface area contributed by atoms with Crippen LogP contribution < -0.4 is 14.8 Å². The molecule has 0 saturated heterocycles. The fourth-order valence-electron chi connectivity index (χ4n) is 2.99. The van der Waals surface area contributed by atoms with Gasteiger partial charge in [0, 0.05) is 17.8 Å². The van der Waals surface area contributed by atoms with E-state index in [2.05, 4.69) is 20.6 Å².